The Morgan fingerprint density at radius 1 is 1.17 bits per heavy atom. The summed E-state index contributed by atoms with van der Waals surface area (Å²) in [5, 5.41) is 13.5. The number of anilines is 1. The minimum Gasteiger partial charge on any atom is -0.444 e. The van der Waals surface area contributed by atoms with Crippen LogP contribution in [-0.2, 0) is 19.0 Å². The maximum absolute atomic E-state index is 15.5. The van der Waals surface area contributed by atoms with Crippen LogP contribution < -0.4 is 4.90 Å². The fourth-order valence-electron chi connectivity index (χ4n) is 7.05. The van der Waals surface area contributed by atoms with Crippen molar-refractivity contribution in [1.82, 2.24) is 14.9 Å². The molecule has 232 valence electrons. The summed E-state index contributed by atoms with van der Waals surface area (Å²) in [5.74, 6) is -6.20. The maximum atomic E-state index is 15.5. The van der Waals surface area contributed by atoms with E-state index in [-0.39, 0.29) is 43.0 Å². The lowest BCUT2D eigenvalue weighted by Gasteiger charge is -2.53. The number of ketones is 1. The third kappa shape index (κ3) is 5.69. The molecule has 2 spiro atoms. The van der Waals surface area contributed by atoms with Gasteiger partial charge in [-0.1, -0.05) is 11.6 Å². The number of hydrogen-bond acceptors (Lipinski definition) is 10. The van der Waals surface area contributed by atoms with E-state index >= 15 is 8.78 Å². The molecule has 1 amide bonds. The van der Waals surface area contributed by atoms with Crippen LogP contribution in [-0.4, -0.2) is 93.9 Å². The minimum atomic E-state index is -3.21. The number of oxime groups is 1. The zero-order chi connectivity index (χ0) is 30.3. The lowest BCUT2D eigenvalue weighted by molar-refractivity contribution is -0.272. The largest absolute Gasteiger partial charge is 0.444 e. The molecule has 3 atom stereocenters. The molecule has 1 aromatic rings. The van der Waals surface area contributed by atoms with Crippen molar-refractivity contribution in [2.45, 2.75) is 96.0 Å². The van der Waals surface area contributed by atoms with Gasteiger partial charge in [-0.3, -0.25) is 4.79 Å². The van der Waals surface area contributed by atoms with Gasteiger partial charge in [0.1, 0.15) is 11.3 Å². The highest BCUT2D eigenvalue weighted by Crippen LogP contribution is 2.59. The van der Waals surface area contributed by atoms with E-state index in [0.717, 1.165) is 0 Å². The molecule has 2 saturated carbocycles. The van der Waals surface area contributed by atoms with Gasteiger partial charge in [-0.05, 0) is 53.0 Å². The molecule has 5 rings (SSSR count). The molecule has 2 saturated heterocycles. The van der Waals surface area contributed by atoms with Crippen molar-refractivity contribution in [3.05, 3.63) is 18.0 Å². The topological polar surface area (TPSA) is 127 Å². The number of carbonyl (C=O) groups excluding carboxylic acids is 2. The van der Waals surface area contributed by atoms with E-state index in [1.165, 1.54) is 12.3 Å². The van der Waals surface area contributed by atoms with E-state index < -0.39 is 53.4 Å². The molecule has 0 bridgehead atoms. The molecule has 4 aliphatic rings. The molecule has 2 aliphatic heterocycles. The van der Waals surface area contributed by atoms with Crippen LogP contribution in [0.15, 0.2) is 17.4 Å². The van der Waals surface area contributed by atoms with Crippen molar-refractivity contribution in [3.8, 4) is 0 Å². The number of Topliss-reactive ketones (excluding diaryl/α,β-unsaturated/α-hetero) is 1. The summed E-state index contributed by atoms with van der Waals surface area (Å²) in [7, 11) is 0. The summed E-state index contributed by atoms with van der Waals surface area (Å²) in [4.78, 5) is 39.5. The van der Waals surface area contributed by atoms with Crippen LogP contribution in [0, 0.1) is 11.3 Å². The van der Waals surface area contributed by atoms with Crippen LogP contribution in [0.4, 0.5) is 19.5 Å². The van der Waals surface area contributed by atoms with Gasteiger partial charge in [-0.2, -0.15) is 0 Å². The highest BCUT2D eigenvalue weighted by atomic mass is 19.3. The number of fused-ring (bicyclic) bond motifs is 1. The van der Waals surface area contributed by atoms with Gasteiger partial charge in [-0.25, -0.2) is 23.5 Å². The predicted octanol–water partition coefficient (Wildman–Crippen LogP) is 4.41. The zero-order valence-electron chi connectivity index (χ0n) is 24.8. The second-order valence-corrected chi connectivity index (χ2v) is 12.9. The Labute approximate surface area is 244 Å². The lowest BCUT2D eigenvalue weighted by Crippen LogP contribution is -2.63. The number of nitrogens with zero attached hydrogens (tertiary/aromatic N) is 5. The monoisotopic (exact) mass is 593 g/mol. The molecule has 0 radical (unpaired) electrons. The molecule has 13 heteroatoms. The number of amides is 1. The summed E-state index contributed by atoms with van der Waals surface area (Å²) >= 11 is 0. The molecule has 1 N–H and O–H groups in total. The van der Waals surface area contributed by atoms with Gasteiger partial charge in [0.15, 0.2) is 11.6 Å². The van der Waals surface area contributed by atoms with Crippen LogP contribution in [0.1, 0.15) is 78.3 Å². The second kappa shape index (κ2) is 11.3. The normalized spacial score (nSPS) is 30.0. The predicted molar refractivity (Wildman–Crippen MR) is 148 cm³/mol. The van der Waals surface area contributed by atoms with Crippen molar-refractivity contribution in [2.75, 3.05) is 37.7 Å². The number of rotatable bonds is 3. The smallest absolute Gasteiger partial charge is 0.410 e. The SMILES string of the molecule is C[C@H]1CN(C(=O)OC(C)(C)C)CCCN1c1nccc(/C(=N\O)C2CC(F)(F)CC3(CCCCC34OCCO4)C2=O)n1. The molecule has 0 aromatic carbocycles. The number of aromatic nitrogens is 2. The number of halogens is 2. The molecule has 11 nitrogen and oxygen atoms in total. The van der Waals surface area contributed by atoms with Gasteiger partial charge in [0.2, 0.25) is 11.9 Å². The molecule has 2 unspecified atom stereocenters. The molecule has 2 aliphatic carbocycles. The van der Waals surface area contributed by atoms with E-state index in [0.29, 0.717) is 45.3 Å². The van der Waals surface area contributed by atoms with Crippen molar-refractivity contribution < 1.29 is 37.8 Å². The fourth-order valence-corrected chi connectivity index (χ4v) is 7.05. The van der Waals surface area contributed by atoms with Crippen LogP contribution in [0.3, 0.4) is 0 Å². The number of ether oxygens (including phenoxy) is 3. The zero-order valence-corrected chi connectivity index (χ0v) is 24.8. The summed E-state index contributed by atoms with van der Waals surface area (Å²) in [6, 6.07) is 1.26. The lowest BCUT2D eigenvalue weighted by atomic mass is 9.56. The molecular formula is C29H41F2N5O6. The van der Waals surface area contributed by atoms with Gasteiger partial charge in [0, 0.05) is 51.1 Å². The Balaban J connectivity index is 1.42. The van der Waals surface area contributed by atoms with Crippen molar-refractivity contribution in [2.24, 2.45) is 16.5 Å². The quantitative estimate of drug-likeness (QED) is 0.308. The van der Waals surface area contributed by atoms with E-state index in [2.05, 4.69) is 15.1 Å². The first-order chi connectivity index (χ1) is 19.8. The second-order valence-electron chi connectivity index (χ2n) is 12.9. The minimum absolute atomic E-state index is 0.0901. The first kappa shape index (κ1) is 30.5. The van der Waals surface area contributed by atoms with Gasteiger partial charge in [-0.15, -0.1) is 0 Å². The number of carbonyl (C=O) groups is 2. The Morgan fingerprint density at radius 2 is 1.88 bits per heavy atom. The molecular weight excluding hydrogens is 552 g/mol. The molecule has 1 aromatic heterocycles. The molecule has 3 heterocycles. The van der Waals surface area contributed by atoms with Crippen LogP contribution in [0.25, 0.3) is 0 Å². The standard InChI is InChI=1S/C29H41F2N5O6/c1-19-17-35(25(38)42-26(2,3)4)12-7-13-36(19)24-32-11-8-21(33-24)22(34-39)20-16-28(30,31)18-27(23(20)37)9-5-6-10-29(27)40-14-15-41-29/h8,11,19-20,39H,5-7,9-10,12-18H2,1-4H3/b34-22-/t19-,20?,27?/m0/s1. The summed E-state index contributed by atoms with van der Waals surface area (Å²) in [6.07, 6.45) is 2.09. The van der Waals surface area contributed by atoms with Crippen LogP contribution >= 0.6 is 0 Å². The Morgan fingerprint density at radius 3 is 2.57 bits per heavy atom. The first-order valence-electron chi connectivity index (χ1n) is 14.8. The fraction of sp³-hybridized carbons (Fsp3) is 0.759. The molecule has 42 heavy (non-hydrogen) atoms. The van der Waals surface area contributed by atoms with Crippen molar-refractivity contribution in [1.29, 1.82) is 0 Å². The summed E-state index contributed by atoms with van der Waals surface area (Å²) < 4.78 is 48.4. The average Bonchev–Trinajstić information content (AvgIpc) is 3.30. The van der Waals surface area contributed by atoms with Crippen molar-refractivity contribution >= 4 is 23.5 Å². The van der Waals surface area contributed by atoms with Gasteiger partial charge >= 0.3 is 6.09 Å². The third-order valence-electron chi connectivity index (χ3n) is 8.79. The maximum Gasteiger partial charge on any atom is 0.410 e. The Bertz CT molecular complexity index is 1220. The molecule has 4 fully saturated rings. The highest BCUT2D eigenvalue weighted by molar-refractivity contribution is 6.14. The number of hydrogen-bond donors (Lipinski definition) is 1. The summed E-state index contributed by atoms with van der Waals surface area (Å²) in [5.41, 5.74) is -2.31. The van der Waals surface area contributed by atoms with Gasteiger partial charge < -0.3 is 29.2 Å². The van der Waals surface area contributed by atoms with E-state index in [1.54, 1.807) is 4.90 Å². The Kier molecular flexibility index (Phi) is 8.21. The Hall–Kier alpha value is -2.93. The number of alkyl halides is 2. The third-order valence-corrected chi connectivity index (χ3v) is 8.79. The van der Waals surface area contributed by atoms with Gasteiger partial charge in [0.05, 0.1) is 30.2 Å². The van der Waals surface area contributed by atoms with E-state index in [9.17, 15) is 14.8 Å². The van der Waals surface area contributed by atoms with Crippen LogP contribution in [0.2, 0.25) is 0 Å². The van der Waals surface area contributed by atoms with Crippen molar-refractivity contribution in [3.63, 3.8) is 0 Å². The van der Waals surface area contributed by atoms with Crippen LogP contribution in [0.5, 0.6) is 0 Å². The first-order valence-corrected chi connectivity index (χ1v) is 14.8. The summed E-state index contributed by atoms with van der Waals surface area (Å²) in [6.45, 7) is 9.22. The van der Waals surface area contributed by atoms with E-state index in [4.69, 9.17) is 14.2 Å². The van der Waals surface area contributed by atoms with Gasteiger partial charge in [0.25, 0.3) is 0 Å². The highest BCUT2D eigenvalue weighted by Gasteiger charge is 2.68. The average molecular weight is 594 g/mol. The van der Waals surface area contributed by atoms with E-state index in [1.807, 2.05) is 32.6 Å².